The molecule has 0 fully saturated rings. The standard InChI is InChI=1S/C24H26N4O3S/c1-4-30-19-13-9-12-18(14-19)21-20(22(29)31-15-17-10-7-6-8-11-17)16(3)25-23-26-24(32-5-2)27-28(21)23/h6-14,21H,4-5,15H2,1-3H3,(H,25,26,27). The topological polar surface area (TPSA) is 78.3 Å². The summed E-state index contributed by atoms with van der Waals surface area (Å²) in [4.78, 5) is 17.9. The molecule has 0 saturated heterocycles. The molecule has 0 aliphatic carbocycles. The van der Waals surface area contributed by atoms with Crippen LogP contribution < -0.4 is 10.1 Å². The van der Waals surface area contributed by atoms with Gasteiger partial charge in [0.2, 0.25) is 11.1 Å². The molecule has 3 aromatic rings. The van der Waals surface area contributed by atoms with Gasteiger partial charge in [-0.1, -0.05) is 61.2 Å². The van der Waals surface area contributed by atoms with E-state index in [2.05, 4.69) is 22.3 Å². The molecule has 1 unspecified atom stereocenters. The zero-order valence-corrected chi connectivity index (χ0v) is 19.2. The molecule has 2 heterocycles. The van der Waals surface area contributed by atoms with Crippen molar-refractivity contribution in [1.82, 2.24) is 14.8 Å². The number of hydrogen-bond acceptors (Lipinski definition) is 7. The van der Waals surface area contributed by atoms with Crippen LogP contribution in [0.3, 0.4) is 0 Å². The molecule has 32 heavy (non-hydrogen) atoms. The predicted octanol–water partition coefficient (Wildman–Crippen LogP) is 4.82. The molecule has 1 atom stereocenters. The highest BCUT2D eigenvalue weighted by molar-refractivity contribution is 7.99. The Morgan fingerprint density at radius 1 is 1.16 bits per heavy atom. The van der Waals surface area contributed by atoms with Gasteiger partial charge < -0.3 is 14.8 Å². The Hall–Kier alpha value is -3.26. The van der Waals surface area contributed by atoms with Crippen molar-refractivity contribution in [1.29, 1.82) is 0 Å². The molecule has 1 N–H and O–H groups in total. The highest BCUT2D eigenvalue weighted by atomic mass is 32.2. The van der Waals surface area contributed by atoms with Crippen molar-refractivity contribution < 1.29 is 14.3 Å². The number of benzene rings is 2. The van der Waals surface area contributed by atoms with E-state index < -0.39 is 12.0 Å². The van der Waals surface area contributed by atoms with Gasteiger partial charge in [0.15, 0.2) is 0 Å². The smallest absolute Gasteiger partial charge is 0.338 e. The fourth-order valence-electron chi connectivity index (χ4n) is 3.64. The third-order valence-electron chi connectivity index (χ3n) is 5.02. The molecule has 0 saturated carbocycles. The van der Waals surface area contributed by atoms with Gasteiger partial charge in [0.1, 0.15) is 18.4 Å². The number of allylic oxidation sites excluding steroid dienone is 1. The molecule has 0 bridgehead atoms. The summed E-state index contributed by atoms with van der Waals surface area (Å²) in [6, 6.07) is 16.9. The van der Waals surface area contributed by atoms with Crippen LogP contribution in [0.1, 0.15) is 37.9 Å². The first-order valence-electron chi connectivity index (χ1n) is 10.6. The number of nitrogens with zero attached hydrogens (tertiary/aromatic N) is 3. The molecule has 166 valence electrons. The Balaban J connectivity index is 1.72. The van der Waals surface area contributed by atoms with Crippen molar-refractivity contribution in [3.8, 4) is 5.75 Å². The zero-order valence-electron chi connectivity index (χ0n) is 18.4. The lowest BCUT2D eigenvalue weighted by molar-refractivity contribution is -0.140. The number of carbonyl (C=O) groups excluding carboxylic acids is 1. The molecule has 1 aliphatic heterocycles. The first-order valence-corrected chi connectivity index (χ1v) is 11.6. The Kier molecular flexibility index (Phi) is 6.80. The van der Waals surface area contributed by atoms with Crippen LogP contribution in [-0.4, -0.2) is 33.1 Å². The maximum Gasteiger partial charge on any atom is 0.338 e. The normalized spacial score (nSPS) is 15.2. The maximum atomic E-state index is 13.3. The van der Waals surface area contributed by atoms with Gasteiger partial charge in [0, 0.05) is 5.70 Å². The SMILES string of the molecule is CCOc1cccc(C2C(C(=O)OCc3ccccc3)=C(C)Nc3nc(SCC)nn32)c1. The molecule has 0 radical (unpaired) electrons. The Morgan fingerprint density at radius 3 is 2.72 bits per heavy atom. The number of anilines is 1. The van der Waals surface area contributed by atoms with Crippen LogP contribution in [0.25, 0.3) is 0 Å². The first-order chi connectivity index (χ1) is 15.6. The molecule has 4 rings (SSSR count). The number of nitrogens with one attached hydrogen (secondary N) is 1. The van der Waals surface area contributed by atoms with Crippen molar-refractivity contribution in [2.45, 2.75) is 38.6 Å². The number of hydrogen-bond donors (Lipinski definition) is 1. The van der Waals surface area contributed by atoms with Crippen molar-refractivity contribution in [3.63, 3.8) is 0 Å². The Bertz CT molecular complexity index is 1130. The lowest BCUT2D eigenvalue weighted by Crippen LogP contribution is -2.29. The summed E-state index contributed by atoms with van der Waals surface area (Å²) in [6.45, 7) is 6.61. The van der Waals surface area contributed by atoms with Crippen LogP contribution in [0.15, 0.2) is 71.0 Å². The number of esters is 1. The lowest BCUT2D eigenvalue weighted by Gasteiger charge is -2.28. The molecule has 0 amide bonds. The minimum Gasteiger partial charge on any atom is -0.494 e. The molecule has 1 aliphatic rings. The molecule has 7 nitrogen and oxygen atoms in total. The summed E-state index contributed by atoms with van der Waals surface area (Å²) in [6.07, 6.45) is 0. The molecular weight excluding hydrogens is 424 g/mol. The molecular formula is C24H26N4O3S. The molecule has 2 aromatic carbocycles. The summed E-state index contributed by atoms with van der Waals surface area (Å²) in [5.41, 5.74) is 3.01. The number of thioether (sulfide) groups is 1. The average molecular weight is 451 g/mol. The van der Waals surface area contributed by atoms with Gasteiger partial charge in [-0.15, -0.1) is 5.10 Å². The molecule has 8 heteroatoms. The van der Waals surface area contributed by atoms with E-state index in [4.69, 9.17) is 9.47 Å². The van der Waals surface area contributed by atoms with Crippen molar-refractivity contribution >= 4 is 23.7 Å². The van der Waals surface area contributed by atoms with Crippen LogP contribution in [0.4, 0.5) is 5.95 Å². The van der Waals surface area contributed by atoms with Crippen molar-refractivity contribution in [2.24, 2.45) is 0 Å². The molecule has 1 aromatic heterocycles. The van der Waals surface area contributed by atoms with Gasteiger partial charge in [-0.05, 0) is 42.9 Å². The number of ether oxygens (including phenoxy) is 2. The van der Waals surface area contributed by atoms with E-state index in [-0.39, 0.29) is 6.61 Å². The highest BCUT2D eigenvalue weighted by Gasteiger charge is 2.35. The van der Waals surface area contributed by atoms with E-state index in [1.165, 1.54) is 0 Å². The summed E-state index contributed by atoms with van der Waals surface area (Å²) in [5, 5.41) is 8.57. The fraction of sp³-hybridized carbons (Fsp3) is 0.292. The van der Waals surface area contributed by atoms with E-state index in [9.17, 15) is 4.79 Å². The number of aromatic nitrogens is 3. The quantitative estimate of drug-likeness (QED) is 0.389. The maximum absolute atomic E-state index is 13.3. The third kappa shape index (κ3) is 4.65. The number of fused-ring (bicyclic) bond motifs is 1. The second-order valence-corrected chi connectivity index (χ2v) is 8.46. The average Bonchev–Trinajstić information content (AvgIpc) is 3.19. The third-order valence-corrected chi connectivity index (χ3v) is 5.74. The summed E-state index contributed by atoms with van der Waals surface area (Å²) in [5.74, 6) is 1.80. The zero-order chi connectivity index (χ0) is 22.5. The van der Waals surface area contributed by atoms with Gasteiger partial charge >= 0.3 is 5.97 Å². The Labute approximate surface area is 191 Å². The van der Waals surface area contributed by atoms with Gasteiger partial charge in [0.25, 0.3) is 0 Å². The van der Waals surface area contributed by atoms with Crippen LogP contribution >= 0.6 is 11.8 Å². The van der Waals surface area contributed by atoms with Gasteiger partial charge in [-0.3, -0.25) is 0 Å². The van der Waals surface area contributed by atoms with Gasteiger partial charge in [0.05, 0.1) is 12.2 Å². The van der Waals surface area contributed by atoms with E-state index >= 15 is 0 Å². The highest BCUT2D eigenvalue weighted by Crippen LogP contribution is 2.37. The minimum absolute atomic E-state index is 0.198. The van der Waals surface area contributed by atoms with Crippen LogP contribution in [0.5, 0.6) is 5.75 Å². The van der Waals surface area contributed by atoms with Crippen LogP contribution in [0, 0.1) is 0 Å². The van der Waals surface area contributed by atoms with E-state index in [1.54, 1.807) is 16.4 Å². The summed E-state index contributed by atoms with van der Waals surface area (Å²) >= 11 is 1.55. The van der Waals surface area contributed by atoms with Crippen molar-refractivity contribution in [3.05, 3.63) is 77.0 Å². The summed E-state index contributed by atoms with van der Waals surface area (Å²) < 4.78 is 13.2. The molecule has 0 spiro atoms. The number of carbonyl (C=O) groups is 1. The second-order valence-electron chi connectivity index (χ2n) is 7.23. The predicted molar refractivity (Wildman–Crippen MR) is 125 cm³/mol. The second kappa shape index (κ2) is 9.91. The lowest BCUT2D eigenvalue weighted by atomic mass is 9.95. The van der Waals surface area contributed by atoms with Crippen LogP contribution in [-0.2, 0) is 16.1 Å². The summed E-state index contributed by atoms with van der Waals surface area (Å²) in [7, 11) is 0. The van der Waals surface area contributed by atoms with Gasteiger partial charge in [-0.2, -0.15) is 4.98 Å². The Morgan fingerprint density at radius 2 is 1.97 bits per heavy atom. The monoisotopic (exact) mass is 450 g/mol. The van der Waals surface area contributed by atoms with Crippen LogP contribution in [0.2, 0.25) is 0 Å². The van der Waals surface area contributed by atoms with Crippen molar-refractivity contribution in [2.75, 3.05) is 17.7 Å². The van der Waals surface area contributed by atoms with E-state index in [1.807, 2.05) is 68.4 Å². The minimum atomic E-state index is -0.478. The number of rotatable bonds is 8. The fourth-order valence-corrected chi connectivity index (χ4v) is 4.19. The first kappa shape index (κ1) is 22.0. The van der Waals surface area contributed by atoms with Gasteiger partial charge in [-0.25, -0.2) is 9.48 Å². The van der Waals surface area contributed by atoms with E-state index in [0.717, 1.165) is 22.6 Å². The largest absolute Gasteiger partial charge is 0.494 e. The van der Waals surface area contributed by atoms with E-state index in [0.29, 0.717) is 29.0 Å².